The third kappa shape index (κ3) is 3.47. The van der Waals surface area contributed by atoms with Crippen molar-refractivity contribution in [2.45, 2.75) is 32.9 Å². The predicted octanol–water partition coefficient (Wildman–Crippen LogP) is 2.35. The number of fused-ring (bicyclic) bond motifs is 1. The average Bonchev–Trinajstić information content (AvgIpc) is 2.76. The van der Waals surface area contributed by atoms with E-state index in [0.29, 0.717) is 18.1 Å². The van der Waals surface area contributed by atoms with Gasteiger partial charge >= 0.3 is 0 Å². The first-order valence-corrected chi connectivity index (χ1v) is 7.47. The normalized spacial score (nSPS) is 11.1. The Morgan fingerprint density at radius 2 is 2.24 bits per heavy atom. The van der Waals surface area contributed by atoms with Crippen LogP contribution in [0.5, 0.6) is 5.75 Å². The minimum atomic E-state index is -0.0389. The first-order chi connectivity index (χ1) is 10.1. The minimum absolute atomic E-state index is 0.0389. The first kappa shape index (κ1) is 15.6. The largest absolute Gasteiger partial charge is 0.494 e. The smallest absolute Gasteiger partial charge is 0.240 e. The summed E-state index contributed by atoms with van der Waals surface area (Å²) in [5.41, 5.74) is 1.64. The maximum Gasteiger partial charge on any atom is 0.240 e. The number of ether oxygens (including phenoxy) is 1. The second-order valence-electron chi connectivity index (χ2n) is 5.10. The minimum Gasteiger partial charge on any atom is -0.494 e. The molecule has 0 spiro atoms. The zero-order valence-corrected chi connectivity index (χ0v) is 13.3. The van der Waals surface area contributed by atoms with Crippen LogP contribution in [0.25, 0.3) is 11.0 Å². The summed E-state index contributed by atoms with van der Waals surface area (Å²) in [5, 5.41) is 2.89. The number of aryl methyl sites for hydroxylation is 1. The van der Waals surface area contributed by atoms with E-state index in [9.17, 15) is 4.79 Å². The lowest BCUT2D eigenvalue weighted by Gasteiger charge is -2.11. The zero-order chi connectivity index (χ0) is 15.4. The number of hydrogen-bond acceptors (Lipinski definition) is 3. The highest BCUT2D eigenvalue weighted by Crippen LogP contribution is 2.26. The lowest BCUT2D eigenvalue weighted by molar-refractivity contribution is -0.122. The summed E-state index contributed by atoms with van der Waals surface area (Å²) in [4.78, 5) is 16.6. The number of carbonyl (C=O) groups excluding carboxylic acids is 1. The molecule has 1 aromatic heterocycles. The molecule has 0 unspecified atom stereocenters. The van der Waals surface area contributed by atoms with E-state index < -0.39 is 0 Å². The van der Waals surface area contributed by atoms with E-state index in [1.807, 2.05) is 36.6 Å². The lowest BCUT2D eigenvalue weighted by atomic mass is 10.3. The number of para-hydroxylation sites is 1. The molecule has 0 saturated carbocycles. The number of nitrogens with one attached hydrogen (secondary N) is 1. The first-order valence-electron chi connectivity index (χ1n) is 6.94. The summed E-state index contributed by atoms with van der Waals surface area (Å²) in [7, 11) is 1.61. The van der Waals surface area contributed by atoms with Gasteiger partial charge in [-0.15, -0.1) is 11.6 Å². The highest BCUT2D eigenvalue weighted by atomic mass is 35.5. The fourth-order valence-corrected chi connectivity index (χ4v) is 2.47. The van der Waals surface area contributed by atoms with E-state index >= 15 is 0 Å². The van der Waals surface area contributed by atoms with Crippen molar-refractivity contribution in [3.05, 3.63) is 24.0 Å². The van der Waals surface area contributed by atoms with Crippen LogP contribution in [0.3, 0.4) is 0 Å². The van der Waals surface area contributed by atoms with Gasteiger partial charge in [0.1, 0.15) is 23.6 Å². The Morgan fingerprint density at radius 3 is 2.86 bits per heavy atom. The van der Waals surface area contributed by atoms with Crippen LogP contribution in [0.1, 0.15) is 19.7 Å². The molecule has 21 heavy (non-hydrogen) atoms. The van der Waals surface area contributed by atoms with E-state index in [1.165, 1.54) is 0 Å². The van der Waals surface area contributed by atoms with E-state index in [2.05, 4.69) is 10.3 Å². The molecular formula is C15H20ClN3O2. The van der Waals surface area contributed by atoms with Crippen molar-refractivity contribution in [2.75, 3.05) is 13.0 Å². The molecule has 1 aromatic carbocycles. The molecule has 5 nitrogen and oxygen atoms in total. The standard InChI is InChI=1S/C15H20ClN3O2/c1-10(2)17-14(20)9-19-11-5-4-6-12(21-3)15(11)18-13(19)7-8-16/h4-6,10H,7-9H2,1-3H3,(H,17,20). The van der Waals surface area contributed by atoms with Gasteiger partial charge in [0.25, 0.3) is 0 Å². The number of halogens is 1. The molecule has 0 saturated heterocycles. The van der Waals surface area contributed by atoms with Crippen LogP contribution < -0.4 is 10.1 Å². The second kappa shape index (κ2) is 6.80. The predicted molar refractivity (Wildman–Crippen MR) is 84.0 cm³/mol. The maximum absolute atomic E-state index is 12.1. The molecule has 0 atom stereocenters. The van der Waals surface area contributed by atoms with Crippen molar-refractivity contribution in [2.24, 2.45) is 0 Å². The molecule has 0 aliphatic carbocycles. The average molecular weight is 310 g/mol. The van der Waals surface area contributed by atoms with Crippen LogP contribution in [-0.4, -0.2) is 34.5 Å². The second-order valence-corrected chi connectivity index (χ2v) is 5.48. The molecule has 0 fully saturated rings. The quantitative estimate of drug-likeness (QED) is 0.833. The van der Waals surface area contributed by atoms with Crippen LogP contribution in [0, 0.1) is 0 Å². The van der Waals surface area contributed by atoms with Gasteiger partial charge in [0.2, 0.25) is 5.91 Å². The number of benzene rings is 1. The Labute approximate surface area is 129 Å². The van der Waals surface area contributed by atoms with Gasteiger partial charge in [-0.3, -0.25) is 4.79 Å². The number of rotatable bonds is 6. The fourth-order valence-electron chi connectivity index (χ4n) is 2.30. The van der Waals surface area contributed by atoms with Crippen molar-refractivity contribution in [1.82, 2.24) is 14.9 Å². The number of methoxy groups -OCH3 is 1. The van der Waals surface area contributed by atoms with Crippen LogP contribution in [0.15, 0.2) is 18.2 Å². The van der Waals surface area contributed by atoms with Gasteiger partial charge in [-0.1, -0.05) is 6.07 Å². The van der Waals surface area contributed by atoms with Crippen molar-refractivity contribution in [3.63, 3.8) is 0 Å². The van der Waals surface area contributed by atoms with Gasteiger partial charge in [-0.25, -0.2) is 4.98 Å². The Kier molecular flexibility index (Phi) is 5.07. The summed E-state index contributed by atoms with van der Waals surface area (Å²) in [5.74, 6) is 1.91. The van der Waals surface area contributed by atoms with Crippen molar-refractivity contribution >= 4 is 28.5 Å². The topological polar surface area (TPSA) is 56.2 Å². The number of aromatic nitrogens is 2. The third-order valence-electron chi connectivity index (χ3n) is 3.11. The Bertz CT molecular complexity index is 637. The number of carbonyl (C=O) groups is 1. The molecule has 1 amide bonds. The molecule has 2 rings (SSSR count). The Hall–Kier alpha value is -1.75. The van der Waals surface area contributed by atoms with Gasteiger partial charge in [0.05, 0.1) is 12.6 Å². The van der Waals surface area contributed by atoms with Crippen molar-refractivity contribution < 1.29 is 9.53 Å². The molecular weight excluding hydrogens is 290 g/mol. The highest BCUT2D eigenvalue weighted by Gasteiger charge is 2.16. The van der Waals surface area contributed by atoms with Crippen LogP contribution in [0.4, 0.5) is 0 Å². The van der Waals surface area contributed by atoms with E-state index in [-0.39, 0.29) is 18.5 Å². The molecule has 0 bridgehead atoms. The Balaban J connectivity index is 2.44. The molecule has 114 valence electrons. The van der Waals surface area contributed by atoms with Gasteiger partial charge in [-0.05, 0) is 26.0 Å². The van der Waals surface area contributed by atoms with Gasteiger partial charge in [0, 0.05) is 18.3 Å². The molecule has 2 aromatic rings. The maximum atomic E-state index is 12.1. The lowest BCUT2D eigenvalue weighted by Crippen LogP contribution is -2.33. The third-order valence-corrected chi connectivity index (χ3v) is 3.30. The van der Waals surface area contributed by atoms with Crippen molar-refractivity contribution in [3.8, 4) is 5.75 Å². The SMILES string of the molecule is COc1cccc2c1nc(CCCl)n2CC(=O)NC(C)C. The van der Waals surface area contributed by atoms with E-state index in [1.54, 1.807) is 7.11 Å². The van der Waals surface area contributed by atoms with E-state index in [4.69, 9.17) is 16.3 Å². The summed E-state index contributed by atoms with van der Waals surface area (Å²) >= 11 is 5.85. The molecule has 0 aliphatic rings. The Morgan fingerprint density at radius 1 is 1.48 bits per heavy atom. The van der Waals surface area contributed by atoms with Gasteiger partial charge in [0.15, 0.2) is 0 Å². The fraction of sp³-hybridized carbons (Fsp3) is 0.467. The van der Waals surface area contributed by atoms with Gasteiger partial charge < -0.3 is 14.6 Å². The molecule has 0 radical (unpaired) electrons. The molecule has 1 N–H and O–H groups in total. The zero-order valence-electron chi connectivity index (χ0n) is 12.5. The number of imidazole rings is 1. The van der Waals surface area contributed by atoms with Crippen LogP contribution in [0.2, 0.25) is 0 Å². The van der Waals surface area contributed by atoms with Crippen LogP contribution >= 0.6 is 11.6 Å². The summed E-state index contributed by atoms with van der Waals surface area (Å²) in [6.45, 7) is 4.10. The van der Waals surface area contributed by atoms with Crippen LogP contribution in [-0.2, 0) is 17.8 Å². The molecule has 0 aliphatic heterocycles. The molecule has 1 heterocycles. The monoisotopic (exact) mass is 309 g/mol. The van der Waals surface area contributed by atoms with Gasteiger partial charge in [-0.2, -0.15) is 0 Å². The van der Waals surface area contributed by atoms with Crippen molar-refractivity contribution in [1.29, 1.82) is 0 Å². The molecule has 6 heteroatoms. The number of nitrogens with zero attached hydrogens (tertiary/aromatic N) is 2. The number of alkyl halides is 1. The number of amides is 1. The summed E-state index contributed by atoms with van der Waals surface area (Å²) in [6.07, 6.45) is 0.606. The number of hydrogen-bond donors (Lipinski definition) is 1. The van der Waals surface area contributed by atoms with E-state index in [0.717, 1.165) is 16.9 Å². The summed E-state index contributed by atoms with van der Waals surface area (Å²) in [6, 6.07) is 5.80. The summed E-state index contributed by atoms with van der Waals surface area (Å²) < 4.78 is 7.23. The highest BCUT2D eigenvalue weighted by molar-refractivity contribution is 6.17.